The van der Waals surface area contributed by atoms with Gasteiger partial charge < -0.3 is 19.1 Å². The smallest absolute Gasteiger partial charge is 0.314 e. The lowest BCUT2D eigenvalue weighted by molar-refractivity contribution is -0.161. The van der Waals surface area contributed by atoms with Crippen molar-refractivity contribution >= 4 is 46.4 Å². The number of ether oxygens (including phenoxy) is 3. The lowest BCUT2D eigenvalue weighted by Gasteiger charge is -2.36. The number of unbranched alkanes of at least 4 members (excludes halogenated alkanes) is 1. The molecule has 0 saturated carbocycles. The number of aliphatic imine (C=N–C) groups is 1. The first-order chi connectivity index (χ1) is 18.8. The third-order valence-electron chi connectivity index (χ3n) is 7.54. The first-order valence-electron chi connectivity index (χ1n) is 13.8. The molecule has 212 valence electrons. The van der Waals surface area contributed by atoms with E-state index in [1.54, 1.807) is 0 Å². The van der Waals surface area contributed by atoms with Gasteiger partial charge in [-0.15, -0.1) is 0 Å². The number of fused-ring (bicyclic) bond motifs is 1. The molecule has 9 heteroatoms. The largest absolute Gasteiger partial charge is 0.494 e. The Bertz CT molecular complexity index is 1160. The van der Waals surface area contributed by atoms with E-state index in [1.165, 1.54) is 0 Å². The molecule has 2 aromatic rings. The van der Waals surface area contributed by atoms with Gasteiger partial charge in [-0.3, -0.25) is 9.69 Å². The summed E-state index contributed by atoms with van der Waals surface area (Å²) in [5, 5.41) is 1.24. The van der Waals surface area contributed by atoms with E-state index < -0.39 is 5.41 Å². The number of nitrogens with zero attached hydrogens (tertiary/aromatic N) is 3. The van der Waals surface area contributed by atoms with Gasteiger partial charge in [0.15, 0.2) is 5.90 Å². The molecule has 1 saturated heterocycles. The molecule has 0 amide bonds. The number of benzene rings is 2. The third kappa shape index (κ3) is 8.03. The molecule has 39 heavy (non-hydrogen) atoms. The van der Waals surface area contributed by atoms with E-state index in [0.29, 0.717) is 35.4 Å². The number of hydrogen-bond acceptors (Lipinski definition) is 7. The maximum absolute atomic E-state index is 12.1. The Morgan fingerprint density at radius 1 is 1.03 bits per heavy atom. The van der Waals surface area contributed by atoms with E-state index in [4.69, 9.17) is 37.4 Å². The molecule has 2 heterocycles. The molecule has 0 radical (unpaired) electrons. The molecule has 0 aromatic heterocycles. The van der Waals surface area contributed by atoms with E-state index >= 15 is 0 Å². The number of carbonyl (C=O) groups excluding carboxylic acids is 1. The van der Waals surface area contributed by atoms with Crippen LogP contribution in [-0.4, -0.2) is 62.9 Å². The summed E-state index contributed by atoms with van der Waals surface area (Å²) in [6.07, 6.45) is 4.28. The minimum atomic E-state index is -0.516. The Hall–Kier alpha value is -2.48. The van der Waals surface area contributed by atoms with Gasteiger partial charge >= 0.3 is 5.97 Å². The van der Waals surface area contributed by atoms with Gasteiger partial charge in [-0.2, -0.15) is 0 Å². The van der Waals surface area contributed by atoms with E-state index in [-0.39, 0.29) is 12.8 Å². The van der Waals surface area contributed by atoms with E-state index in [0.717, 1.165) is 74.7 Å². The molecule has 2 aliphatic rings. The van der Waals surface area contributed by atoms with Crippen molar-refractivity contribution < 1.29 is 19.0 Å². The predicted octanol–water partition coefficient (Wildman–Crippen LogP) is 6.90. The average molecular weight is 577 g/mol. The zero-order valence-electron chi connectivity index (χ0n) is 23.2. The summed E-state index contributed by atoms with van der Waals surface area (Å²) in [6.45, 7) is 11.2. The van der Waals surface area contributed by atoms with Crippen molar-refractivity contribution in [2.45, 2.75) is 52.9 Å². The first-order valence-corrected chi connectivity index (χ1v) is 14.6. The number of piperazine rings is 1. The molecule has 0 unspecified atom stereocenters. The lowest BCUT2D eigenvalue weighted by Crippen LogP contribution is -2.46. The van der Waals surface area contributed by atoms with Crippen LogP contribution < -0.4 is 9.64 Å². The van der Waals surface area contributed by atoms with Gasteiger partial charge in [0.1, 0.15) is 5.75 Å². The van der Waals surface area contributed by atoms with Crippen molar-refractivity contribution in [2.24, 2.45) is 10.4 Å². The fraction of sp³-hybridized carbons (Fsp3) is 0.533. The summed E-state index contributed by atoms with van der Waals surface area (Å²) in [5.74, 6) is 1.13. The van der Waals surface area contributed by atoms with Gasteiger partial charge in [0, 0.05) is 38.7 Å². The number of hydrogen-bond donors (Lipinski definition) is 0. The summed E-state index contributed by atoms with van der Waals surface area (Å²) in [6, 6.07) is 11.9. The lowest BCUT2D eigenvalue weighted by atomic mass is 9.91. The van der Waals surface area contributed by atoms with E-state index in [9.17, 15) is 4.79 Å². The maximum Gasteiger partial charge on any atom is 0.314 e. The van der Waals surface area contributed by atoms with Crippen LogP contribution in [0, 0.1) is 5.41 Å². The first kappa shape index (κ1) is 29.5. The molecule has 0 aliphatic carbocycles. The Kier molecular flexibility index (Phi) is 10.4. The number of esters is 1. The monoisotopic (exact) mass is 575 g/mol. The van der Waals surface area contributed by atoms with Crippen LogP contribution in [0.25, 0.3) is 0 Å². The van der Waals surface area contributed by atoms with Crippen molar-refractivity contribution in [2.75, 3.05) is 51.0 Å². The Morgan fingerprint density at radius 2 is 1.82 bits per heavy atom. The average Bonchev–Trinajstić information content (AvgIpc) is 2.94. The van der Waals surface area contributed by atoms with Crippen LogP contribution in [0.5, 0.6) is 5.75 Å². The zero-order valence-corrected chi connectivity index (χ0v) is 24.7. The standard InChI is InChI=1S/C30H39Cl2N3O4/c1-4-30(2,3)29(36)39-21-38-27-13-11-22-10-12-23(20-25(22)33-27)37-19-6-5-14-34-15-17-35(18-16-34)26-9-7-8-24(31)28(26)32/h7-10,12,20H,4-6,11,13-19,21H2,1-3H3. The molecular formula is C30H39Cl2N3O4. The second-order valence-corrected chi connectivity index (χ2v) is 11.5. The van der Waals surface area contributed by atoms with Crippen LogP contribution in [0.3, 0.4) is 0 Å². The molecule has 0 spiro atoms. The summed E-state index contributed by atoms with van der Waals surface area (Å²) in [7, 11) is 0. The molecule has 1 fully saturated rings. The summed E-state index contributed by atoms with van der Waals surface area (Å²) in [4.78, 5) is 21.6. The fourth-order valence-electron chi connectivity index (χ4n) is 4.55. The van der Waals surface area contributed by atoms with Crippen molar-refractivity contribution in [3.63, 3.8) is 0 Å². The van der Waals surface area contributed by atoms with Gasteiger partial charge in [0.25, 0.3) is 0 Å². The molecule has 0 bridgehead atoms. The van der Waals surface area contributed by atoms with E-state index in [1.807, 2.05) is 51.1 Å². The molecule has 2 aromatic carbocycles. The van der Waals surface area contributed by atoms with Crippen LogP contribution in [0.1, 0.15) is 52.0 Å². The molecule has 0 atom stereocenters. The molecule has 4 rings (SSSR count). The number of halogens is 2. The fourth-order valence-corrected chi connectivity index (χ4v) is 4.97. The van der Waals surface area contributed by atoms with Crippen LogP contribution in [-0.2, 0) is 20.7 Å². The van der Waals surface area contributed by atoms with Crippen LogP contribution in [0.15, 0.2) is 41.4 Å². The normalized spacial score (nSPS) is 15.9. The quantitative estimate of drug-likeness (QED) is 0.165. The highest BCUT2D eigenvalue weighted by Gasteiger charge is 2.27. The number of carbonyl (C=O) groups is 1. The number of anilines is 1. The number of rotatable bonds is 11. The second kappa shape index (κ2) is 13.7. The minimum absolute atomic E-state index is 0.115. The van der Waals surface area contributed by atoms with Crippen molar-refractivity contribution in [3.8, 4) is 5.75 Å². The molecule has 0 N–H and O–H groups in total. The topological polar surface area (TPSA) is 63.6 Å². The Morgan fingerprint density at radius 3 is 2.59 bits per heavy atom. The Balaban J connectivity index is 1.16. The zero-order chi connectivity index (χ0) is 27.8. The van der Waals surface area contributed by atoms with Gasteiger partial charge in [0.2, 0.25) is 6.79 Å². The van der Waals surface area contributed by atoms with Crippen LogP contribution in [0.4, 0.5) is 11.4 Å². The second-order valence-electron chi connectivity index (χ2n) is 10.7. The molecule has 2 aliphatic heterocycles. The predicted molar refractivity (Wildman–Crippen MR) is 158 cm³/mol. The van der Waals surface area contributed by atoms with Crippen LogP contribution in [0.2, 0.25) is 10.0 Å². The Labute approximate surface area is 242 Å². The minimum Gasteiger partial charge on any atom is -0.494 e. The highest BCUT2D eigenvalue weighted by Crippen LogP contribution is 2.33. The van der Waals surface area contributed by atoms with Crippen molar-refractivity contribution in [1.82, 2.24) is 4.90 Å². The van der Waals surface area contributed by atoms with Gasteiger partial charge in [-0.1, -0.05) is 42.3 Å². The summed E-state index contributed by atoms with van der Waals surface area (Å²) in [5.41, 5.74) is 2.52. The van der Waals surface area contributed by atoms with E-state index in [2.05, 4.69) is 20.9 Å². The highest BCUT2D eigenvalue weighted by molar-refractivity contribution is 6.43. The summed E-state index contributed by atoms with van der Waals surface area (Å²) < 4.78 is 17.0. The van der Waals surface area contributed by atoms with Gasteiger partial charge in [0.05, 0.1) is 33.4 Å². The third-order valence-corrected chi connectivity index (χ3v) is 8.35. The highest BCUT2D eigenvalue weighted by atomic mass is 35.5. The maximum atomic E-state index is 12.1. The molecular weight excluding hydrogens is 537 g/mol. The molecule has 7 nitrogen and oxygen atoms in total. The van der Waals surface area contributed by atoms with Gasteiger partial charge in [-0.25, -0.2) is 4.99 Å². The summed E-state index contributed by atoms with van der Waals surface area (Å²) >= 11 is 12.6. The van der Waals surface area contributed by atoms with Crippen molar-refractivity contribution in [3.05, 3.63) is 52.0 Å². The van der Waals surface area contributed by atoms with Crippen LogP contribution >= 0.6 is 23.2 Å². The van der Waals surface area contributed by atoms with Gasteiger partial charge in [-0.05, 0) is 69.8 Å². The van der Waals surface area contributed by atoms with Crippen molar-refractivity contribution in [1.29, 1.82) is 0 Å². The SMILES string of the molecule is CCC(C)(C)C(=O)OCOC1=Nc2cc(OCCCCN3CCN(c4cccc(Cl)c4Cl)CC3)ccc2CC1. The number of aryl methyl sites for hydroxylation is 1.